The number of hydrogen-bond acceptors (Lipinski definition) is 3. The smallest absolute Gasteiger partial charge is 0.0719 e. The van der Waals surface area contributed by atoms with Crippen LogP contribution >= 0.6 is 0 Å². The van der Waals surface area contributed by atoms with Crippen LogP contribution in [0.3, 0.4) is 0 Å². The summed E-state index contributed by atoms with van der Waals surface area (Å²) >= 11 is 0. The number of fused-ring (bicyclic) bond motifs is 1. The first kappa shape index (κ1) is 13.6. The maximum atomic E-state index is 5.53. The molecule has 1 aromatic carbocycles. The zero-order chi connectivity index (χ0) is 13.9. The summed E-state index contributed by atoms with van der Waals surface area (Å²) in [5.74, 6) is 0.602. The fourth-order valence-corrected chi connectivity index (χ4v) is 3.17. The van der Waals surface area contributed by atoms with E-state index < -0.39 is 0 Å². The molecule has 2 unspecified atom stereocenters. The van der Waals surface area contributed by atoms with Gasteiger partial charge in [0, 0.05) is 36.9 Å². The predicted octanol–water partition coefficient (Wildman–Crippen LogP) is 2.22. The summed E-state index contributed by atoms with van der Waals surface area (Å²) in [6.45, 7) is 4.83. The van der Waals surface area contributed by atoms with Crippen molar-refractivity contribution in [2.24, 2.45) is 5.92 Å². The van der Waals surface area contributed by atoms with Crippen molar-refractivity contribution >= 4 is 10.9 Å². The number of likely N-dealkylation sites (N-methyl/N-ethyl adjacent to an activating group) is 1. The van der Waals surface area contributed by atoms with Crippen LogP contribution in [0.1, 0.15) is 19.0 Å². The molecule has 1 aliphatic heterocycles. The van der Waals surface area contributed by atoms with Gasteiger partial charge in [0.2, 0.25) is 0 Å². The van der Waals surface area contributed by atoms with Crippen molar-refractivity contribution < 1.29 is 4.74 Å². The van der Waals surface area contributed by atoms with Crippen LogP contribution in [0.5, 0.6) is 0 Å². The van der Waals surface area contributed by atoms with E-state index in [4.69, 9.17) is 9.84 Å². The second-order valence-corrected chi connectivity index (χ2v) is 5.50. The van der Waals surface area contributed by atoms with Crippen LogP contribution in [0.2, 0.25) is 0 Å². The Balaban J connectivity index is 1.89. The summed E-state index contributed by atoms with van der Waals surface area (Å²) in [4.78, 5) is 0. The third kappa shape index (κ3) is 2.45. The van der Waals surface area contributed by atoms with Gasteiger partial charge in [-0.05, 0) is 26.5 Å². The minimum atomic E-state index is 0.445. The van der Waals surface area contributed by atoms with Gasteiger partial charge in [-0.1, -0.05) is 18.2 Å². The van der Waals surface area contributed by atoms with Crippen molar-refractivity contribution in [3.63, 3.8) is 0 Å². The van der Waals surface area contributed by atoms with E-state index in [0.29, 0.717) is 12.0 Å². The summed E-state index contributed by atoms with van der Waals surface area (Å²) in [5, 5.41) is 9.54. The first-order valence-electron chi connectivity index (χ1n) is 7.53. The molecule has 1 fully saturated rings. The van der Waals surface area contributed by atoms with E-state index in [2.05, 4.69) is 41.2 Å². The van der Waals surface area contributed by atoms with Crippen molar-refractivity contribution in [1.82, 2.24) is 15.1 Å². The number of nitrogens with zero attached hydrogens (tertiary/aromatic N) is 2. The molecule has 2 aromatic rings. The molecular formula is C16H23N3O. The van der Waals surface area contributed by atoms with Crippen molar-refractivity contribution in [2.75, 3.05) is 20.3 Å². The fraction of sp³-hybridized carbons (Fsp3) is 0.562. The average molecular weight is 273 g/mol. The largest absolute Gasteiger partial charge is 0.381 e. The Kier molecular flexibility index (Phi) is 4.03. The van der Waals surface area contributed by atoms with Crippen LogP contribution in [-0.4, -0.2) is 36.1 Å². The molecule has 108 valence electrons. The van der Waals surface area contributed by atoms with Crippen molar-refractivity contribution in [3.8, 4) is 0 Å². The number of para-hydroxylation sites is 1. The molecule has 1 aromatic heterocycles. The molecule has 4 nitrogen and oxygen atoms in total. The molecule has 1 saturated heterocycles. The van der Waals surface area contributed by atoms with Gasteiger partial charge in [0.25, 0.3) is 0 Å². The number of nitrogens with one attached hydrogen (secondary N) is 1. The molecule has 1 aliphatic rings. The van der Waals surface area contributed by atoms with Crippen molar-refractivity contribution in [2.45, 2.75) is 32.4 Å². The van der Waals surface area contributed by atoms with Gasteiger partial charge in [-0.2, -0.15) is 5.10 Å². The molecule has 0 amide bonds. The SMILES string of the molecule is CCn1nc(CC(NC)C2CCOC2)c2ccccc21. The van der Waals surface area contributed by atoms with E-state index in [1.165, 1.54) is 16.6 Å². The van der Waals surface area contributed by atoms with Gasteiger partial charge in [-0.25, -0.2) is 0 Å². The summed E-state index contributed by atoms with van der Waals surface area (Å²) < 4.78 is 7.63. The third-order valence-corrected chi connectivity index (χ3v) is 4.35. The van der Waals surface area contributed by atoms with Crippen LogP contribution in [0.4, 0.5) is 0 Å². The van der Waals surface area contributed by atoms with Gasteiger partial charge in [0.15, 0.2) is 0 Å². The van der Waals surface area contributed by atoms with E-state index in [1.54, 1.807) is 0 Å². The number of benzene rings is 1. The normalized spacial score (nSPS) is 20.6. The molecule has 2 heterocycles. The molecule has 3 rings (SSSR count). The highest BCUT2D eigenvalue weighted by atomic mass is 16.5. The van der Waals surface area contributed by atoms with Gasteiger partial charge in [0.05, 0.1) is 17.8 Å². The summed E-state index contributed by atoms with van der Waals surface area (Å²) in [5.41, 5.74) is 2.44. The van der Waals surface area contributed by atoms with E-state index in [1.807, 2.05) is 7.05 Å². The lowest BCUT2D eigenvalue weighted by Crippen LogP contribution is -2.36. The number of aryl methyl sites for hydroxylation is 1. The van der Waals surface area contributed by atoms with Crippen LogP contribution in [0.15, 0.2) is 24.3 Å². The molecule has 1 N–H and O–H groups in total. The molecule has 20 heavy (non-hydrogen) atoms. The molecule has 2 atom stereocenters. The highest BCUT2D eigenvalue weighted by Crippen LogP contribution is 2.24. The average Bonchev–Trinajstić information content (AvgIpc) is 3.13. The minimum absolute atomic E-state index is 0.445. The third-order valence-electron chi connectivity index (χ3n) is 4.35. The van der Waals surface area contributed by atoms with E-state index in [-0.39, 0.29) is 0 Å². The van der Waals surface area contributed by atoms with E-state index in [9.17, 15) is 0 Å². The highest BCUT2D eigenvalue weighted by molar-refractivity contribution is 5.82. The molecule has 0 bridgehead atoms. The Morgan fingerprint density at radius 1 is 1.45 bits per heavy atom. The predicted molar refractivity (Wildman–Crippen MR) is 80.9 cm³/mol. The summed E-state index contributed by atoms with van der Waals surface area (Å²) in [6, 6.07) is 8.96. The Morgan fingerprint density at radius 2 is 2.30 bits per heavy atom. The fourth-order valence-electron chi connectivity index (χ4n) is 3.17. The van der Waals surface area contributed by atoms with Crippen molar-refractivity contribution in [1.29, 1.82) is 0 Å². The van der Waals surface area contributed by atoms with E-state index >= 15 is 0 Å². The van der Waals surface area contributed by atoms with Crippen LogP contribution < -0.4 is 5.32 Å². The van der Waals surface area contributed by atoms with Crippen molar-refractivity contribution in [3.05, 3.63) is 30.0 Å². The minimum Gasteiger partial charge on any atom is -0.381 e. The van der Waals surface area contributed by atoms with Gasteiger partial charge in [0.1, 0.15) is 0 Å². The second-order valence-electron chi connectivity index (χ2n) is 5.50. The van der Waals surface area contributed by atoms with Gasteiger partial charge in [-0.3, -0.25) is 4.68 Å². The number of hydrogen-bond donors (Lipinski definition) is 1. The Hall–Kier alpha value is -1.39. The second kappa shape index (κ2) is 5.94. The summed E-state index contributed by atoms with van der Waals surface area (Å²) in [7, 11) is 2.04. The Labute approximate surface area is 120 Å². The lowest BCUT2D eigenvalue weighted by Gasteiger charge is -2.20. The molecule has 0 radical (unpaired) electrons. The molecule has 0 spiro atoms. The van der Waals surface area contributed by atoms with Gasteiger partial charge >= 0.3 is 0 Å². The maximum Gasteiger partial charge on any atom is 0.0719 e. The number of ether oxygens (including phenoxy) is 1. The zero-order valence-electron chi connectivity index (χ0n) is 12.3. The monoisotopic (exact) mass is 273 g/mol. The van der Waals surface area contributed by atoms with Crippen LogP contribution in [0, 0.1) is 5.92 Å². The number of aromatic nitrogens is 2. The van der Waals surface area contributed by atoms with E-state index in [0.717, 1.165) is 32.6 Å². The molecule has 0 aliphatic carbocycles. The number of rotatable bonds is 5. The van der Waals surface area contributed by atoms with Crippen LogP contribution in [0.25, 0.3) is 10.9 Å². The molecule has 0 saturated carbocycles. The first-order valence-corrected chi connectivity index (χ1v) is 7.53. The lowest BCUT2D eigenvalue weighted by atomic mass is 9.94. The standard InChI is InChI=1S/C16H23N3O/c1-3-19-16-7-5-4-6-13(16)15(18-19)10-14(17-2)12-8-9-20-11-12/h4-7,12,14,17H,3,8-11H2,1-2H3. The Morgan fingerprint density at radius 3 is 3.00 bits per heavy atom. The molecular weight excluding hydrogens is 250 g/mol. The van der Waals surface area contributed by atoms with Gasteiger partial charge in [-0.15, -0.1) is 0 Å². The highest BCUT2D eigenvalue weighted by Gasteiger charge is 2.26. The zero-order valence-corrected chi connectivity index (χ0v) is 12.3. The first-order chi connectivity index (χ1) is 9.83. The summed E-state index contributed by atoms with van der Waals surface area (Å²) in [6.07, 6.45) is 2.12. The van der Waals surface area contributed by atoms with Gasteiger partial charge < -0.3 is 10.1 Å². The van der Waals surface area contributed by atoms with Crippen LogP contribution in [-0.2, 0) is 17.7 Å². The lowest BCUT2D eigenvalue weighted by molar-refractivity contribution is 0.177. The Bertz CT molecular complexity index is 572. The maximum absolute atomic E-state index is 5.53. The quantitative estimate of drug-likeness (QED) is 0.908. The molecule has 4 heteroatoms. The topological polar surface area (TPSA) is 39.1 Å².